The normalized spacial score (nSPS) is 25.1. The molecule has 82 valence electrons. The van der Waals surface area contributed by atoms with E-state index >= 15 is 0 Å². The first-order valence-corrected chi connectivity index (χ1v) is 6.08. The molecule has 2 unspecified atom stereocenters. The molecule has 1 fully saturated rings. The number of hydrogen-bond donors (Lipinski definition) is 0. The minimum Gasteiger partial charge on any atom is -0.306 e. The maximum absolute atomic E-state index is 6.52. The third-order valence-electron chi connectivity index (χ3n) is 3.19. The quantitative estimate of drug-likeness (QED) is 0.696. The van der Waals surface area contributed by atoms with Crippen molar-refractivity contribution in [2.45, 2.75) is 18.2 Å². The van der Waals surface area contributed by atoms with Gasteiger partial charge in [-0.25, -0.2) is 0 Å². The van der Waals surface area contributed by atoms with Gasteiger partial charge in [0.15, 0.2) is 0 Å². The summed E-state index contributed by atoms with van der Waals surface area (Å²) in [5.41, 5.74) is 1.26. The Morgan fingerprint density at radius 3 is 2.73 bits per heavy atom. The van der Waals surface area contributed by atoms with Gasteiger partial charge < -0.3 is 4.90 Å². The van der Waals surface area contributed by atoms with Crippen LogP contribution in [-0.2, 0) is 0 Å². The Labute approximate surface area is 97.0 Å². The molecule has 0 amide bonds. The van der Waals surface area contributed by atoms with E-state index in [1.165, 1.54) is 24.9 Å². The molecule has 0 radical (unpaired) electrons. The molecule has 0 bridgehead atoms. The largest absolute Gasteiger partial charge is 0.306 e. The lowest BCUT2D eigenvalue weighted by Gasteiger charge is -2.32. The zero-order valence-corrected chi connectivity index (χ0v) is 9.95. The van der Waals surface area contributed by atoms with Gasteiger partial charge in [-0.15, -0.1) is 11.6 Å². The number of nitrogens with zero attached hydrogens (tertiary/aromatic N) is 1. The maximum Gasteiger partial charge on any atom is 0.0625 e. The van der Waals surface area contributed by atoms with Crippen LogP contribution in [0.15, 0.2) is 30.3 Å². The van der Waals surface area contributed by atoms with E-state index in [0.717, 1.165) is 6.54 Å². The molecule has 0 aliphatic carbocycles. The summed E-state index contributed by atoms with van der Waals surface area (Å²) in [6.45, 7) is 2.35. The van der Waals surface area contributed by atoms with Crippen LogP contribution in [0, 0.1) is 5.92 Å². The molecule has 1 aliphatic rings. The molecule has 2 rings (SSSR count). The third kappa shape index (κ3) is 2.73. The molecule has 0 saturated carbocycles. The van der Waals surface area contributed by atoms with Crippen molar-refractivity contribution in [1.29, 1.82) is 0 Å². The molecule has 1 saturated heterocycles. The summed E-state index contributed by atoms with van der Waals surface area (Å²) in [6, 6.07) is 10.4. The van der Waals surface area contributed by atoms with Crippen molar-refractivity contribution < 1.29 is 0 Å². The summed E-state index contributed by atoms with van der Waals surface area (Å²) in [4.78, 5) is 2.38. The van der Waals surface area contributed by atoms with Crippen molar-refractivity contribution >= 4 is 11.6 Å². The SMILES string of the molecule is CN1CCCC(C(Cl)c2ccccc2)C1. The first-order valence-electron chi connectivity index (χ1n) is 5.65. The molecule has 1 aromatic rings. The molecular weight excluding hydrogens is 206 g/mol. The van der Waals surface area contributed by atoms with Gasteiger partial charge in [-0.2, -0.15) is 0 Å². The molecule has 1 nitrogen and oxygen atoms in total. The van der Waals surface area contributed by atoms with Crippen molar-refractivity contribution in [3.05, 3.63) is 35.9 Å². The second-order valence-corrected chi connectivity index (χ2v) is 4.95. The van der Waals surface area contributed by atoms with Gasteiger partial charge in [0.2, 0.25) is 0 Å². The van der Waals surface area contributed by atoms with Gasteiger partial charge in [-0.1, -0.05) is 30.3 Å². The van der Waals surface area contributed by atoms with E-state index in [2.05, 4.69) is 36.2 Å². The number of piperidine rings is 1. The fourth-order valence-corrected chi connectivity index (χ4v) is 2.71. The molecule has 1 heterocycles. The first-order chi connectivity index (χ1) is 7.27. The van der Waals surface area contributed by atoms with E-state index in [-0.39, 0.29) is 5.38 Å². The first kappa shape index (κ1) is 11.0. The smallest absolute Gasteiger partial charge is 0.0625 e. The molecule has 0 N–H and O–H groups in total. The summed E-state index contributed by atoms with van der Waals surface area (Å²) in [5, 5.41) is 0.175. The number of benzene rings is 1. The Balaban J connectivity index is 2.04. The lowest BCUT2D eigenvalue weighted by atomic mass is 9.91. The average Bonchev–Trinajstić information content (AvgIpc) is 2.29. The van der Waals surface area contributed by atoms with E-state index in [0.29, 0.717) is 5.92 Å². The maximum atomic E-state index is 6.52. The van der Waals surface area contributed by atoms with Crippen LogP contribution in [-0.4, -0.2) is 25.0 Å². The van der Waals surface area contributed by atoms with Crippen molar-refractivity contribution in [3.8, 4) is 0 Å². The summed E-state index contributed by atoms with van der Waals surface area (Å²) in [6.07, 6.45) is 2.53. The van der Waals surface area contributed by atoms with E-state index in [1.54, 1.807) is 0 Å². The van der Waals surface area contributed by atoms with Crippen molar-refractivity contribution in [2.75, 3.05) is 20.1 Å². The lowest BCUT2D eigenvalue weighted by Crippen LogP contribution is -2.33. The van der Waals surface area contributed by atoms with Gasteiger partial charge in [0, 0.05) is 6.54 Å². The third-order valence-corrected chi connectivity index (χ3v) is 3.80. The van der Waals surface area contributed by atoms with Crippen LogP contribution in [0.25, 0.3) is 0 Å². The molecule has 0 aromatic heterocycles. The highest BCUT2D eigenvalue weighted by Gasteiger charge is 2.25. The number of hydrogen-bond acceptors (Lipinski definition) is 1. The predicted octanol–water partition coefficient (Wildman–Crippen LogP) is 3.31. The van der Waals surface area contributed by atoms with Crippen molar-refractivity contribution in [1.82, 2.24) is 4.90 Å². The fraction of sp³-hybridized carbons (Fsp3) is 0.538. The average molecular weight is 224 g/mol. The van der Waals surface area contributed by atoms with Crippen LogP contribution in [0.3, 0.4) is 0 Å². The number of halogens is 1. The number of alkyl halides is 1. The Morgan fingerprint density at radius 1 is 1.33 bits per heavy atom. The van der Waals surface area contributed by atoms with Crippen LogP contribution in [0.5, 0.6) is 0 Å². The standard InChI is InChI=1S/C13H18ClN/c1-15-9-5-8-12(10-15)13(14)11-6-3-2-4-7-11/h2-4,6-7,12-13H,5,8-10H2,1H3. The minimum atomic E-state index is 0.175. The molecule has 15 heavy (non-hydrogen) atoms. The predicted molar refractivity (Wildman–Crippen MR) is 65.3 cm³/mol. The molecule has 2 heteroatoms. The molecule has 1 aromatic carbocycles. The Morgan fingerprint density at radius 2 is 2.07 bits per heavy atom. The van der Waals surface area contributed by atoms with E-state index in [1.807, 2.05) is 6.07 Å². The Kier molecular flexibility index (Phi) is 3.66. The van der Waals surface area contributed by atoms with Gasteiger partial charge in [0.25, 0.3) is 0 Å². The molecule has 2 atom stereocenters. The van der Waals surface area contributed by atoms with E-state index in [4.69, 9.17) is 11.6 Å². The minimum absolute atomic E-state index is 0.175. The monoisotopic (exact) mass is 223 g/mol. The highest BCUT2D eigenvalue weighted by molar-refractivity contribution is 6.21. The fourth-order valence-electron chi connectivity index (χ4n) is 2.35. The Bertz CT molecular complexity index is 299. The molecule has 1 aliphatic heterocycles. The van der Waals surface area contributed by atoms with Gasteiger partial charge in [0.1, 0.15) is 0 Å². The highest BCUT2D eigenvalue weighted by atomic mass is 35.5. The second-order valence-electron chi connectivity index (χ2n) is 4.48. The van der Waals surface area contributed by atoms with E-state index < -0.39 is 0 Å². The zero-order chi connectivity index (χ0) is 10.7. The second kappa shape index (κ2) is 5.00. The summed E-state index contributed by atoms with van der Waals surface area (Å²) < 4.78 is 0. The zero-order valence-electron chi connectivity index (χ0n) is 9.20. The lowest BCUT2D eigenvalue weighted by molar-refractivity contribution is 0.205. The van der Waals surface area contributed by atoms with Crippen LogP contribution in [0.4, 0.5) is 0 Å². The van der Waals surface area contributed by atoms with Gasteiger partial charge >= 0.3 is 0 Å². The van der Waals surface area contributed by atoms with Gasteiger partial charge in [0.05, 0.1) is 5.38 Å². The van der Waals surface area contributed by atoms with Crippen LogP contribution in [0.1, 0.15) is 23.8 Å². The van der Waals surface area contributed by atoms with Gasteiger partial charge in [-0.3, -0.25) is 0 Å². The molecular formula is C13H18ClN. The Hall–Kier alpha value is -0.530. The van der Waals surface area contributed by atoms with Gasteiger partial charge in [-0.05, 0) is 37.9 Å². The van der Waals surface area contributed by atoms with Crippen LogP contribution >= 0.6 is 11.6 Å². The van der Waals surface area contributed by atoms with E-state index in [9.17, 15) is 0 Å². The van der Waals surface area contributed by atoms with Crippen LogP contribution < -0.4 is 0 Å². The van der Waals surface area contributed by atoms with Crippen molar-refractivity contribution in [2.24, 2.45) is 5.92 Å². The van der Waals surface area contributed by atoms with Crippen molar-refractivity contribution in [3.63, 3.8) is 0 Å². The summed E-state index contributed by atoms with van der Waals surface area (Å²) in [7, 11) is 2.18. The molecule has 0 spiro atoms. The number of rotatable bonds is 2. The topological polar surface area (TPSA) is 3.24 Å². The highest BCUT2D eigenvalue weighted by Crippen LogP contribution is 2.34. The summed E-state index contributed by atoms with van der Waals surface area (Å²) >= 11 is 6.52. The summed E-state index contributed by atoms with van der Waals surface area (Å²) in [5.74, 6) is 0.604. The number of likely N-dealkylation sites (tertiary alicyclic amines) is 1. The van der Waals surface area contributed by atoms with Crippen LogP contribution in [0.2, 0.25) is 0 Å².